The van der Waals surface area contributed by atoms with Crippen LogP contribution in [0.15, 0.2) is 53.5 Å². The van der Waals surface area contributed by atoms with E-state index >= 15 is 0 Å². The van der Waals surface area contributed by atoms with E-state index in [4.69, 9.17) is 4.74 Å². The highest BCUT2D eigenvalue weighted by Crippen LogP contribution is 2.17. The van der Waals surface area contributed by atoms with Crippen LogP contribution in [0.3, 0.4) is 0 Å². The van der Waals surface area contributed by atoms with Gasteiger partial charge in [0.05, 0.1) is 11.5 Å². The summed E-state index contributed by atoms with van der Waals surface area (Å²) in [5.74, 6) is 0.748. The van der Waals surface area contributed by atoms with Crippen LogP contribution < -0.4 is 10.1 Å². The van der Waals surface area contributed by atoms with Crippen LogP contribution >= 0.6 is 0 Å². The smallest absolute Gasteiger partial charge is 0.269 e. The summed E-state index contributed by atoms with van der Waals surface area (Å²) in [4.78, 5) is 16.5. The summed E-state index contributed by atoms with van der Waals surface area (Å²) in [5, 5.41) is 23.9. The number of hydrogen-bond acceptors (Lipinski definition) is 5. The number of nitrogens with zero attached hydrogens (tertiary/aromatic N) is 3. The maximum absolute atomic E-state index is 13.0. The lowest BCUT2D eigenvalue weighted by molar-refractivity contribution is -0.384. The standard InChI is InChI=1S/C20H25FN4O4/c1-3-22-20(24(2)13-15-4-6-16(21)7-5-15)23-12-18(26)14-29-19-10-8-17(9-11-19)25(27)28/h4-11,18,26H,3,12-14H2,1-2H3,(H,22,23). The number of non-ortho nitro benzene ring substituents is 1. The summed E-state index contributed by atoms with van der Waals surface area (Å²) in [6.07, 6.45) is -0.849. The molecule has 0 saturated carbocycles. The van der Waals surface area contributed by atoms with Gasteiger partial charge in [-0.25, -0.2) is 4.39 Å². The molecule has 2 N–H and O–H groups in total. The van der Waals surface area contributed by atoms with E-state index in [-0.39, 0.29) is 24.7 Å². The summed E-state index contributed by atoms with van der Waals surface area (Å²) in [7, 11) is 1.85. The first kappa shape index (κ1) is 22.1. The van der Waals surface area contributed by atoms with Gasteiger partial charge in [-0.1, -0.05) is 12.1 Å². The van der Waals surface area contributed by atoms with Gasteiger partial charge in [0.2, 0.25) is 0 Å². The zero-order valence-corrected chi connectivity index (χ0v) is 16.4. The van der Waals surface area contributed by atoms with Crippen molar-refractivity contribution in [3.8, 4) is 5.75 Å². The van der Waals surface area contributed by atoms with Gasteiger partial charge in [0, 0.05) is 32.3 Å². The molecular formula is C20H25FN4O4. The first-order valence-electron chi connectivity index (χ1n) is 9.18. The van der Waals surface area contributed by atoms with E-state index < -0.39 is 11.0 Å². The van der Waals surface area contributed by atoms with E-state index in [0.29, 0.717) is 24.8 Å². The molecular weight excluding hydrogens is 379 g/mol. The van der Waals surface area contributed by atoms with Crippen molar-refractivity contribution in [1.82, 2.24) is 10.2 Å². The minimum atomic E-state index is -0.849. The summed E-state index contributed by atoms with van der Waals surface area (Å²) in [6.45, 7) is 3.24. The van der Waals surface area contributed by atoms with Crippen molar-refractivity contribution in [2.75, 3.05) is 26.7 Å². The summed E-state index contributed by atoms with van der Waals surface area (Å²) >= 11 is 0. The van der Waals surface area contributed by atoms with Gasteiger partial charge in [0.1, 0.15) is 24.3 Å². The van der Waals surface area contributed by atoms with Crippen LogP contribution in [0.5, 0.6) is 5.75 Å². The monoisotopic (exact) mass is 404 g/mol. The molecule has 2 aromatic rings. The van der Waals surface area contributed by atoms with E-state index in [0.717, 1.165) is 5.56 Å². The third-order valence-electron chi connectivity index (χ3n) is 3.97. The van der Waals surface area contributed by atoms with Crippen molar-refractivity contribution in [2.24, 2.45) is 4.99 Å². The summed E-state index contributed by atoms with van der Waals surface area (Å²) in [5.41, 5.74) is 0.906. The molecule has 0 aliphatic heterocycles. The van der Waals surface area contributed by atoms with E-state index in [9.17, 15) is 19.6 Å². The quantitative estimate of drug-likeness (QED) is 0.288. The van der Waals surface area contributed by atoms with Gasteiger partial charge < -0.3 is 20.1 Å². The van der Waals surface area contributed by atoms with Crippen molar-refractivity contribution in [1.29, 1.82) is 0 Å². The van der Waals surface area contributed by atoms with E-state index in [1.54, 1.807) is 12.1 Å². The third-order valence-corrected chi connectivity index (χ3v) is 3.97. The fourth-order valence-electron chi connectivity index (χ4n) is 2.51. The van der Waals surface area contributed by atoms with Crippen LogP contribution in [-0.2, 0) is 6.54 Å². The van der Waals surface area contributed by atoms with Gasteiger partial charge in [-0.15, -0.1) is 0 Å². The number of halogens is 1. The Morgan fingerprint density at radius 2 is 1.93 bits per heavy atom. The van der Waals surface area contributed by atoms with Crippen LogP contribution in [0.4, 0.5) is 10.1 Å². The van der Waals surface area contributed by atoms with Crippen molar-refractivity contribution in [3.63, 3.8) is 0 Å². The summed E-state index contributed by atoms with van der Waals surface area (Å²) in [6, 6.07) is 11.9. The molecule has 2 rings (SSSR count). The molecule has 0 bridgehead atoms. The molecule has 156 valence electrons. The average molecular weight is 404 g/mol. The third kappa shape index (κ3) is 7.38. The predicted octanol–water partition coefficient (Wildman–Crippen LogP) is 2.57. The molecule has 29 heavy (non-hydrogen) atoms. The second-order valence-electron chi connectivity index (χ2n) is 6.39. The minimum absolute atomic E-state index is 0.00237. The molecule has 0 aliphatic rings. The highest BCUT2D eigenvalue weighted by molar-refractivity contribution is 5.79. The Labute approximate surface area is 168 Å². The number of nitrogens with one attached hydrogen (secondary N) is 1. The number of nitro benzene ring substituents is 1. The van der Waals surface area contributed by atoms with Gasteiger partial charge in [0.25, 0.3) is 5.69 Å². The van der Waals surface area contributed by atoms with Crippen LogP contribution in [0.1, 0.15) is 12.5 Å². The molecule has 0 aliphatic carbocycles. The molecule has 2 aromatic carbocycles. The van der Waals surface area contributed by atoms with Gasteiger partial charge in [-0.05, 0) is 36.8 Å². The number of aliphatic hydroxyl groups is 1. The van der Waals surface area contributed by atoms with Crippen molar-refractivity contribution in [2.45, 2.75) is 19.6 Å². The van der Waals surface area contributed by atoms with Gasteiger partial charge in [0.15, 0.2) is 5.96 Å². The Morgan fingerprint density at radius 1 is 1.28 bits per heavy atom. The maximum Gasteiger partial charge on any atom is 0.269 e. The molecule has 0 saturated heterocycles. The Hall–Kier alpha value is -3.20. The fraction of sp³-hybridized carbons (Fsp3) is 0.350. The molecule has 0 heterocycles. The first-order chi connectivity index (χ1) is 13.9. The maximum atomic E-state index is 13.0. The number of ether oxygens (including phenoxy) is 1. The van der Waals surface area contributed by atoms with Gasteiger partial charge in [-0.2, -0.15) is 0 Å². The molecule has 0 aromatic heterocycles. The second kappa shape index (κ2) is 11.0. The van der Waals surface area contributed by atoms with Crippen molar-refractivity contribution < 1.29 is 19.2 Å². The molecule has 0 fully saturated rings. The molecule has 9 heteroatoms. The number of nitro groups is 1. The fourth-order valence-corrected chi connectivity index (χ4v) is 2.51. The van der Waals surface area contributed by atoms with E-state index in [2.05, 4.69) is 10.3 Å². The number of hydrogen-bond donors (Lipinski definition) is 2. The number of guanidine groups is 1. The molecule has 1 atom stereocenters. The zero-order valence-electron chi connectivity index (χ0n) is 16.4. The molecule has 8 nitrogen and oxygen atoms in total. The van der Waals surface area contributed by atoms with Gasteiger partial charge >= 0.3 is 0 Å². The topological polar surface area (TPSA) is 100 Å². The predicted molar refractivity (Wildman–Crippen MR) is 108 cm³/mol. The highest BCUT2D eigenvalue weighted by atomic mass is 19.1. The second-order valence-corrected chi connectivity index (χ2v) is 6.39. The van der Waals surface area contributed by atoms with E-state index in [1.165, 1.54) is 36.4 Å². The van der Waals surface area contributed by atoms with Crippen molar-refractivity contribution >= 4 is 11.6 Å². The number of aliphatic imine (C=N–C) groups is 1. The first-order valence-corrected chi connectivity index (χ1v) is 9.18. The normalized spacial score (nSPS) is 12.3. The minimum Gasteiger partial charge on any atom is -0.491 e. The largest absolute Gasteiger partial charge is 0.491 e. The molecule has 0 spiro atoms. The lowest BCUT2D eigenvalue weighted by Gasteiger charge is -2.22. The average Bonchev–Trinajstić information content (AvgIpc) is 2.71. The Morgan fingerprint density at radius 3 is 2.52 bits per heavy atom. The zero-order chi connectivity index (χ0) is 21.2. The Bertz CT molecular complexity index is 812. The number of rotatable bonds is 9. The lowest BCUT2D eigenvalue weighted by atomic mass is 10.2. The SMILES string of the molecule is CCNC(=NCC(O)COc1ccc([N+](=O)[O-])cc1)N(C)Cc1ccc(F)cc1. The molecule has 0 amide bonds. The number of benzene rings is 2. The van der Waals surface area contributed by atoms with Crippen LogP contribution in [0.25, 0.3) is 0 Å². The lowest BCUT2D eigenvalue weighted by Crippen LogP contribution is -2.39. The van der Waals surface area contributed by atoms with Gasteiger partial charge in [-0.3, -0.25) is 15.1 Å². The Balaban J connectivity index is 1.88. The van der Waals surface area contributed by atoms with Crippen LogP contribution in [0.2, 0.25) is 0 Å². The summed E-state index contributed by atoms with van der Waals surface area (Å²) < 4.78 is 18.5. The van der Waals surface area contributed by atoms with Crippen LogP contribution in [0, 0.1) is 15.9 Å². The van der Waals surface area contributed by atoms with E-state index in [1.807, 2.05) is 18.9 Å². The van der Waals surface area contributed by atoms with Crippen molar-refractivity contribution in [3.05, 3.63) is 70.0 Å². The molecule has 0 radical (unpaired) electrons. The molecule has 1 unspecified atom stereocenters. The number of aliphatic hydroxyl groups excluding tert-OH is 1. The highest BCUT2D eigenvalue weighted by Gasteiger charge is 2.10. The van der Waals surface area contributed by atoms with Crippen LogP contribution in [-0.4, -0.2) is 53.7 Å². The Kier molecular flexibility index (Phi) is 8.35.